The van der Waals surface area contributed by atoms with Crippen LogP contribution in [-0.2, 0) is 4.74 Å². The standard InChI is InChI=1S/C12H23NO3/c1-9-5-6-13(7-10(9)8-14)11(15)16-12(2,3)4/h9-10,14H,5-8H2,1-4H3. The second-order valence-corrected chi connectivity index (χ2v) is 5.63. The second-order valence-electron chi connectivity index (χ2n) is 5.63. The van der Waals surface area contributed by atoms with Crippen LogP contribution in [0.5, 0.6) is 0 Å². The van der Waals surface area contributed by atoms with Gasteiger partial charge in [-0.15, -0.1) is 0 Å². The van der Waals surface area contributed by atoms with Gasteiger partial charge in [0, 0.05) is 25.6 Å². The first-order valence-electron chi connectivity index (χ1n) is 5.92. The highest BCUT2D eigenvalue weighted by Gasteiger charge is 2.30. The number of ether oxygens (including phenoxy) is 1. The Hall–Kier alpha value is -0.770. The van der Waals surface area contributed by atoms with Gasteiger partial charge in [-0.1, -0.05) is 6.92 Å². The Morgan fingerprint density at radius 2 is 2.12 bits per heavy atom. The number of rotatable bonds is 1. The van der Waals surface area contributed by atoms with Crippen LogP contribution in [0.3, 0.4) is 0 Å². The lowest BCUT2D eigenvalue weighted by atomic mass is 9.88. The highest BCUT2D eigenvalue weighted by molar-refractivity contribution is 5.68. The van der Waals surface area contributed by atoms with Gasteiger partial charge in [-0.3, -0.25) is 0 Å². The van der Waals surface area contributed by atoms with E-state index in [9.17, 15) is 9.90 Å². The van der Waals surface area contributed by atoms with Crippen molar-refractivity contribution in [1.82, 2.24) is 4.90 Å². The van der Waals surface area contributed by atoms with Crippen LogP contribution >= 0.6 is 0 Å². The summed E-state index contributed by atoms with van der Waals surface area (Å²) in [5.74, 6) is 0.657. The fourth-order valence-corrected chi connectivity index (χ4v) is 1.88. The number of hydrogen-bond donors (Lipinski definition) is 1. The minimum atomic E-state index is -0.450. The molecule has 1 aliphatic rings. The van der Waals surface area contributed by atoms with E-state index in [4.69, 9.17) is 4.74 Å². The molecule has 1 rings (SSSR count). The van der Waals surface area contributed by atoms with Crippen LogP contribution in [0.1, 0.15) is 34.1 Å². The van der Waals surface area contributed by atoms with Gasteiger partial charge in [0.1, 0.15) is 5.60 Å². The van der Waals surface area contributed by atoms with Crippen molar-refractivity contribution >= 4 is 6.09 Å². The van der Waals surface area contributed by atoms with E-state index in [2.05, 4.69) is 6.92 Å². The molecule has 2 unspecified atom stereocenters. The third-order valence-corrected chi connectivity index (χ3v) is 3.00. The maximum absolute atomic E-state index is 11.8. The predicted molar refractivity (Wildman–Crippen MR) is 62.2 cm³/mol. The number of carbonyl (C=O) groups excluding carboxylic acids is 1. The Morgan fingerprint density at radius 1 is 1.50 bits per heavy atom. The maximum atomic E-state index is 11.8. The van der Waals surface area contributed by atoms with Crippen LogP contribution in [0.4, 0.5) is 4.79 Å². The molecule has 16 heavy (non-hydrogen) atoms. The summed E-state index contributed by atoms with van der Waals surface area (Å²) in [5, 5.41) is 9.21. The normalized spacial score (nSPS) is 26.7. The van der Waals surface area contributed by atoms with Crippen molar-refractivity contribution in [3.05, 3.63) is 0 Å². The first-order valence-corrected chi connectivity index (χ1v) is 5.92. The zero-order valence-electron chi connectivity index (χ0n) is 10.7. The molecular weight excluding hydrogens is 206 g/mol. The van der Waals surface area contributed by atoms with Gasteiger partial charge in [0.05, 0.1) is 0 Å². The Labute approximate surface area is 97.6 Å². The third-order valence-electron chi connectivity index (χ3n) is 3.00. The molecule has 1 aliphatic heterocycles. The lowest BCUT2D eigenvalue weighted by molar-refractivity contribution is 0.00582. The molecule has 0 aromatic heterocycles. The van der Waals surface area contributed by atoms with E-state index in [0.717, 1.165) is 13.0 Å². The fourth-order valence-electron chi connectivity index (χ4n) is 1.88. The molecule has 4 nitrogen and oxygen atoms in total. The molecule has 0 aromatic rings. The van der Waals surface area contributed by atoms with Crippen molar-refractivity contribution < 1.29 is 14.6 Å². The quantitative estimate of drug-likeness (QED) is 0.746. The van der Waals surface area contributed by atoms with Crippen molar-refractivity contribution in [2.75, 3.05) is 19.7 Å². The summed E-state index contributed by atoms with van der Waals surface area (Å²) in [6, 6.07) is 0. The number of amides is 1. The molecule has 0 spiro atoms. The first-order chi connectivity index (χ1) is 7.33. The summed E-state index contributed by atoms with van der Waals surface area (Å²) in [5.41, 5.74) is -0.450. The zero-order valence-corrected chi connectivity index (χ0v) is 10.7. The number of likely N-dealkylation sites (tertiary alicyclic amines) is 1. The average molecular weight is 229 g/mol. The van der Waals surface area contributed by atoms with Crippen LogP contribution in [-0.4, -0.2) is 41.4 Å². The van der Waals surface area contributed by atoms with E-state index in [1.54, 1.807) is 4.90 Å². The van der Waals surface area contributed by atoms with Crippen molar-refractivity contribution in [3.8, 4) is 0 Å². The van der Waals surface area contributed by atoms with E-state index in [1.165, 1.54) is 0 Å². The van der Waals surface area contributed by atoms with Crippen LogP contribution in [0, 0.1) is 11.8 Å². The van der Waals surface area contributed by atoms with Crippen LogP contribution in [0.25, 0.3) is 0 Å². The van der Waals surface area contributed by atoms with Crippen molar-refractivity contribution in [2.45, 2.75) is 39.7 Å². The smallest absolute Gasteiger partial charge is 0.410 e. The molecule has 0 radical (unpaired) electrons. The molecule has 0 bridgehead atoms. The summed E-state index contributed by atoms with van der Waals surface area (Å²) in [4.78, 5) is 13.5. The van der Waals surface area contributed by atoms with Gasteiger partial charge in [0.15, 0.2) is 0 Å². The van der Waals surface area contributed by atoms with E-state index < -0.39 is 5.60 Å². The van der Waals surface area contributed by atoms with Crippen molar-refractivity contribution in [3.63, 3.8) is 0 Å². The molecular formula is C12H23NO3. The van der Waals surface area contributed by atoms with E-state index in [-0.39, 0.29) is 18.6 Å². The van der Waals surface area contributed by atoms with Gasteiger partial charge in [-0.05, 0) is 33.1 Å². The number of nitrogens with zero attached hydrogens (tertiary/aromatic N) is 1. The number of aliphatic hydroxyl groups excluding tert-OH is 1. The lowest BCUT2D eigenvalue weighted by Gasteiger charge is -2.36. The number of carbonyl (C=O) groups is 1. The summed E-state index contributed by atoms with van der Waals surface area (Å²) in [7, 11) is 0. The number of hydrogen-bond acceptors (Lipinski definition) is 3. The molecule has 0 aromatic carbocycles. The predicted octanol–water partition coefficient (Wildman–Crippen LogP) is 1.87. The Bertz CT molecular complexity index is 247. The SMILES string of the molecule is CC1CCN(C(=O)OC(C)(C)C)CC1CO. The Balaban J connectivity index is 2.52. The van der Waals surface area contributed by atoms with Crippen LogP contribution < -0.4 is 0 Å². The van der Waals surface area contributed by atoms with Gasteiger partial charge in [0.25, 0.3) is 0 Å². The minimum absolute atomic E-state index is 0.139. The van der Waals surface area contributed by atoms with Gasteiger partial charge < -0.3 is 14.7 Å². The van der Waals surface area contributed by atoms with E-state index in [1.807, 2.05) is 20.8 Å². The van der Waals surface area contributed by atoms with Crippen LogP contribution in [0.15, 0.2) is 0 Å². The van der Waals surface area contributed by atoms with Gasteiger partial charge >= 0.3 is 6.09 Å². The van der Waals surface area contributed by atoms with Gasteiger partial charge in [-0.25, -0.2) is 4.79 Å². The van der Waals surface area contributed by atoms with Gasteiger partial charge in [-0.2, -0.15) is 0 Å². The van der Waals surface area contributed by atoms with E-state index in [0.29, 0.717) is 12.5 Å². The third kappa shape index (κ3) is 3.67. The molecule has 1 N–H and O–H groups in total. The number of piperidine rings is 1. The summed E-state index contributed by atoms with van der Waals surface area (Å²) >= 11 is 0. The molecule has 94 valence electrons. The number of aliphatic hydroxyl groups is 1. The Kier molecular flexibility index (Phi) is 4.19. The summed E-state index contributed by atoms with van der Waals surface area (Å²) in [6.45, 7) is 9.18. The topological polar surface area (TPSA) is 49.8 Å². The molecule has 1 saturated heterocycles. The summed E-state index contributed by atoms with van der Waals surface area (Å²) in [6.07, 6.45) is 0.669. The van der Waals surface area contributed by atoms with Crippen molar-refractivity contribution in [2.24, 2.45) is 11.8 Å². The molecule has 1 amide bonds. The maximum Gasteiger partial charge on any atom is 0.410 e. The first kappa shape index (κ1) is 13.3. The fraction of sp³-hybridized carbons (Fsp3) is 0.917. The molecule has 1 fully saturated rings. The second kappa shape index (κ2) is 5.04. The van der Waals surface area contributed by atoms with Gasteiger partial charge in [0.2, 0.25) is 0 Å². The Morgan fingerprint density at radius 3 is 2.62 bits per heavy atom. The highest BCUT2D eigenvalue weighted by atomic mass is 16.6. The molecule has 2 atom stereocenters. The molecule has 0 saturated carbocycles. The highest BCUT2D eigenvalue weighted by Crippen LogP contribution is 2.24. The average Bonchev–Trinajstić information content (AvgIpc) is 2.15. The molecule has 4 heteroatoms. The van der Waals surface area contributed by atoms with E-state index >= 15 is 0 Å². The zero-order chi connectivity index (χ0) is 12.3. The minimum Gasteiger partial charge on any atom is -0.444 e. The molecule has 1 heterocycles. The lowest BCUT2D eigenvalue weighted by Crippen LogP contribution is -2.46. The van der Waals surface area contributed by atoms with Crippen LogP contribution in [0.2, 0.25) is 0 Å². The monoisotopic (exact) mass is 229 g/mol. The largest absolute Gasteiger partial charge is 0.444 e. The molecule has 0 aliphatic carbocycles. The summed E-state index contributed by atoms with van der Waals surface area (Å²) < 4.78 is 5.31. The van der Waals surface area contributed by atoms with Crippen molar-refractivity contribution in [1.29, 1.82) is 0 Å².